The minimum atomic E-state index is 0.359. The van der Waals surface area contributed by atoms with Crippen LogP contribution in [0.5, 0.6) is 0 Å². The van der Waals surface area contributed by atoms with Crippen molar-refractivity contribution in [1.82, 2.24) is 9.88 Å². The zero-order valence-electron chi connectivity index (χ0n) is 12.5. The van der Waals surface area contributed by atoms with Crippen LogP contribution in [0, 0.1) is 11.3 Å². The maximum absolute atomic E-state index is 8.84. The molecule has 21 heavy (non-hydrogen) atoms. The van der Waals surface area contributed by atoms with E-state index in [1.54, 1.807) is 6.07 Å². The van der Waals surface area contributed by atoms with Crippen LogP contribution in [0.1, 0.15) is 18.2 Å². The van der Waals surface area contributed by atoms with Crippen LogP contribution >= 0.6 is 0 Å². The summed E-state index contributed by atoms with van der Waals surface area (Å²) >= 11 is 0. The van der Waals surface area contributed by atoms with Crippen molar-refractivity contribution < 1.29 is 0 Å². The van der Waals surface area contributed by atoms with Crippen molar-refractivity contribution in [2.75, 3.05) is 18.9 Å². The van der Waals surface area contributed by atoms with Crippen molar-refractivity contribution >= 4 is 5.82 Å². The molecule has 0 aliphatic carbocycles. The standard InChI is InChI=1S/C17H20N4/c1-14(21(2)13-15-7-4-3-5-8-15)12-19-17-10-6-9-16(11-18)20-17/h3-10,14H,12-13H2,1-2H3,(H,19,20). The molecule has 2 rings (SSSR count). The summed E-state index contributed by atoms with van der Waals surface area (Å²) in [7, 11) is 2.11. The molecule has 1 N–H and O–H groups in total. The van der Waals surface area contributed by atoms with Crippen LogP contribution in [-0.4, -0.2) is 29.5 Å². The Balaban J connectivity index is 1.86. The highest BCUT2D eigenvalue weighted by atomic mass is 15.1. The van der Waals surface area contributed by atoms with Gasteiger partial charge in [-0.05, 0) is 31.7 Å². The molecule has 1 heterocycles. The molecule has 0 fully saturated rings. The van der Waals surface area contributed by atoms with Crippen LogP contribution in [0.25, 0.3) is 0 Å². The first-order valence-electron chi connectivity index (χ1n) is 7.04. The SMILES string of the molecule is CC(CNc1cccc(C#N)n1)N(C)Cc1ccccc1. The Bertz CT molecular complexity index is 604. The van der Waals surface area contributed by atoms with Crippen molar-refractivity contribution in [2.24, 2.45) is 0 Å². The van der Waals surface area contributed by atoms with Crippen molar-refractivity contribution in [2.45, 2.75) is 19.5 Å². The highest BCUT2D eigenvalue weighted by Crippen LogP contribution is 2.08. The lowest BCUT2D eigenvalue weighted by Crippen LogP contribution is -2.34. The van der Waals surface area contributed by atoms with E-state index in [0.29, 0.717) is 11.7 Å². The molecule has 1 aromatic heterocycles. The average molecular weight is 280 g/mol. The lowest BCUT2D eigenvalue weighted by Gasteiger charge is -2.25. The first kappa shape index (κ1) is 15.0. The van der Waals surface area contributed by atoms with Gasteiger partial charge in [-0.2, -0.15) is 5.26 Å². The third kappa shape index (κ3) is 4.59. The van der Waals surface area contributed by atoms with E-state index in [-0.39, 0.29) is 0 Å². The molecular formula is C17H20N4. The predicted molar refractivity (Wildman–Crippen MR) is 84.8 cm³/mol. The van der Waals surface area contributed by atoms with Gasteiger partial charge in [0.25, 0.3) is 0 Å². The first-order valence-corrected chi connectivity index (χ1v) is 7.04. The van der Waals surface area contributed by atoms with E-state index in [2.05, 4.69) is 53.4 Å². The van der Waals surface area contributed by atoms with Gasteiger partial charge in [0.15, 0.2) is 0 Å². The molecule has 4 nitrogen and oxygen atoms in total. The van der Waals surface area contributed by atoms with Gasteiger partial charge in [0, 0.05) is 19.1 Å². The smallest absolute Gasteiger partial charge is 0.142 e. The highest BCUT2D eigenvalue weighted by molar-refractivity contribution is 5.38. The minimum Gasteiger partial charge on any atom is -0.368 e. The van der Waals surface area contributed by atoms with E-state index in [1.807, 2.05) is 24.3 Å². The summed E-state index contributed by atoms with van der Waals surface area (Å²) in [5.41, 5.74) is 1.74. The molecule has 1 atom stereocenters. The Morgan fingerprint density at radius 3 is 2.67 bits per heavy atom. The Morgan fingerprint density at radius 2 is 1.95 bits per heavy atom. The molecule has 0 bridgehead atoms. The lowest BCUT2D eigenvalue weighted by molar-refractivity contribution is 0.259. The largest absolute Gasteiger partial charge is 0.368 e. The minimum absolute atomic E-state index is 0.359. The Morgan fingerprint density at radius 1 is 1.19 bits per heavy atom. The topological polar surface area (TPSA) is 52.0 Å². The third-order valence-corrected chi connectivity index (χ3v) is 3.47. The van der Waals surface area contributed by atoms with Crippen molar-refractivity contribution in [3.05, 3.63) is 59.8 Å². The number of hydrogen-bond donors (Lipinski definition) is 1. The summed E-state index contributed by atoms with van der Waals surface area (Å²) in [6, 6.07) is 18.2. The normalized spacial score (nSPS) is 11.9. The maximum atomic E-state index is 8.84. The summed E-state index contributed by atoms with van der Waals surface area (Å²) < 4.78 is 0. The summed E-state index contributed by atoms with van der Waals surface area (Å²) in [6.07, 6.45) is 0. The maximum Gasteiger partial charge on any atom is 0.142 e. The molecule has 0 saturated heterocycles. The van der Waals surface area contributed by atoms with Crippen LogP contribution in [0.15, 0.2) is 48.5 Å². The van der Waals surface area contributed by atoms with Gasteiger partial charge < -0.3 is 5.32 Å². The van der Waals surface area contributed by atoms with Crippen LogP contribution in [0.3, 0.4) is 0 Å². The molecule has 0 spiro atoms. The number of pyridine rings is 1. The molecule has 0 amide bonds. The third-order valence-electron chi connectivity index (χ3n) is 3.47. The van der Waals surface area contributed by atoms with Crippen LogP contribution < -0.4 is 5.32 Å². The van der Waals surface area contributed by atoms with E-state index >= 15 is 0 Å². The van der Waals surface area contributed by atoms with E-state index in [4.69, 9.17) is 5.26 Å². The number of likely N-dealkylation sites (N-methyl/N-ethyl adjacent to an activating group) is 1. The van der Waals surface area contributed by atoms with E-state index < -0.39 is 0 Å². The van der Waals surface area contributed by atoms with E-state index in [1.165, 1.54) is 5.56 Å². The number of nitrogens with zero attached hydrogens (tertiary/aromatic N) is 3. The van der Waals surface area contributed by atoms with Crippen molar-refractivity contribution in [3.8, 4) is 6.07 Å². The number of nitriles is 1. The lowest BCUT2D eigenvalue weighted by atomic mass is 10.2. The monoisotopic (exact) mass is 280 g/mol. The molecule has 0 saturated carbocycles. The fourth-order valence-corrected chi connectivity index (χ4v) is 2.03. The van der Waals surface area contributed by atoms with Crippen molar-refractivity contribution in [1.29, 1.82) is 5.26 Å². The molecule has 0 radical (unpaired) electrons. The molecular weight excluding hydrogens is 260 g/mol. The van der Waals surface area contributed by atoms with E-state index in [9.17, 15) is 0 Å². The number of hydrogen-bond acceptors (Lipinski definition) is 4. The molecule has 4 heteroatoms. The van der Waals surface area contributed by atoms with Gasteiger partial charge in [-0.15, -0.1) is 0 Å². The second-order valence-corrected chi connectivity index (χ2v) is 5.15. The first-order chi connectivity index (χ1) is 10.2. The number of anilines is 1. The highest BCUT2D eigenvalue weighted by Gasteiger charge is 2.09. The molecule has 108 valence electrons. The van der Waals surface area contributed by atoms with Gasteiger partial charge in [-0.1, -0.05) is 36.4 Å². The summed E-state index contributed by atoms with van der Waals surface area (Å²) in [6.45, 7) is 3.87. The number of benzene rings is 1. The zero-order valence-corrected chi connectivity index (χ0v) is 12.5. The number of rotatable bonds is 6. The molecule has 2 aromatic rings. The summed E-state index contributed by atoms with van der Waals surface area (Å²) in [5, 5.41) is 12.1. The van der Waals surface area contributed by atoms with Gasteiger partial charge in [0.2, 0.25) is 0 Å². The average Bonchev–Trinajstić information content (AvgIpc) is 2.53. The fourth-order valence-electron chi connectivity index (χ4n) is 2.03. The van der Waals surface area contributed by atoms with E-state index in [0.717, 1.165) is 18.9 Å². The zero-order chi connectivity index (χ0) is 15.1. The van der Waals surface area contributed by atoms with Crippen LogP contribution in [-0.2, 0) is 6.54 Å². The number of nitrogens with one attached hydrogen (secondary N) is 1. The fraction of sp³-hybridized carbons (Fsp3) is 0.294. The second kappa shape index (κ2) is 7.41. The molecule has 0 aliphatic heterocycles. The molecule has 1 aromatic carbocycles. The van der Waals surface area contributed by atoms with Gasteiger partial charge in [-0.3, -0.25) is 4.90 Å². The van der Waals surface area contributed by atoms with Gasteiger partial charge in [0.1, 0.15) is 17.6 Å². The van der Waals surface area contributed by atoms with Gasteiger partial charge >= 0.3 is 0 Å². The second-order valence-electron chi connectivity index (χ2n) is 5.15. The van der Waals surface area contributed by atoms with Gasteiger partial charge in [-0.25, -0.2) is 4.98 Å². The Hall–Kier alpha value is -2.38. The predicted octanol–water partition coefficient (Wildman–Crippen LogP) is 2.89. The summed E-state index contributed by atoms with van der Waals surface area (Å²) in [5.74, 6) is 0.744. The van der Waals surface area contributed by atoms with Crippen LogP contribution in [0.2, 0.25) is 0 Å². The quantitative estimate of drug-likeness (QED) is 0.884. The van der Waals surface area contributed by atoms with Crippen LogP contribution in [0.4, 0.5) is 5.82 Å². The van der Waals surface area contributed by atoms with Crippen molar-refractivity contribution in [3.63, 3.8) is 0 Å². The van der Waals surface area contributed by atoms with Gasteiger partial charge in [0.05, 0.1) is 0 Å². The Labute approximate surface area is 126 Å². The number of aromatic nitrogens is 1. The molecule has 0 aliphatic rings. The summed E-state index contributed by atoms with van der Waals surface area (Å²) in [4.78, 5) is 6.50. The molecule has 1 unspecified atom stereocenters. The Kier molecular flexibility index (Phi) is 5.30.